The normalized spacial score (nSPS) is 16.4. The Bertz CT molecular complexity index is 1090. The van der Waals surface area contributed by atoms with Gasteiger partial charge in [-0.15, -0.1) is 0 Å². The van der Waals surface area contributed by atoms with Crippen molar-refractivity contribution in [2.24, 2.45) is 0 Å². The maximum atomic E-state index is 13.4. The maximum absolute atomic E-state index is 13.4. The van der Waals surface area contributed by atoms with E-state index in [0.29, 0.717) is 29.3 Å². The van der Waals surface area contributed by atoms with Crippen molar-refractivity contribution in [2.45, 2.75) is 32.5 Å². The second-order valence-corrected chi connectivity index (χ2v) is 7.52. The fourth-order valence-electron chi connectivity index (χ4n) is 3.67. The van der Waals surface area contributed by atoms with Gasteiger partial charge in [0.05, 0.1) is 17.8 Å². The van der Waals surface area contributed by atoms with Gasteiger partial charge >= 0.3 is 6.18 Å². The summed E-state index contributed by atoms with van der Waals surface area (Å²) in [5.41, 5.74) is 1.54. The van der Waals surface area contributed by atoms with Gasteiger partial charge in [-0.1, -0.05) is 6.92 Å². The number of hydrogen-bond acceptors (Lipinski definition) is 4. The predicted octanol–water partition coefficient (Wildman–Crippen LogP) is 5.01. The third kappa shape index (κ3) is 3.99. The Morgan fingerprint density at radius 2 is 1.94 bits per heavy atom. The molecule has 0 bridgehead atoms. The summed E-state index contributed by atoms with van der Waals surface area (Å²) >= 11 is 0. The average Bonchev–Trinajstić information content (AvgIpc) is 3.21. The molecule has 0 spiro atoms. The summed E-state index contributed by atoms with van der Waals surface area (Å²) in [7, 11) is 0. The van der Waals surface area contributed by atoms with E-state index in [1.807, 2.05) is 19.1 Å². The van der Waals surface area contributed by atoms with E-state index in [4.69, 9.17) is 0 Å². The van der Waals surface area contributed by atoms with Crippen molar-refractivity contribution < 1.29 is 18.0 Å². The van der Waals surface area contributed by atoms with Gasteiger partial charge in [0.2, 0.25) is 0 Å². The van der Waals surface area contributed by atoms with E-state index < -0.39 is 11.7 Å². The summed E-state index contributed by atoms with van der Waals surface area (Å²) in [6, 6.07) is 8.19. The highest BCUT2D eigenvalue weighted by atomic mass is 19.4. The lowest BCUT2D eigenvalue weighted by Gasteiger charge is -2.32. The number of benzene rings is 1. The van der Waals surface area contributed by atoms with Crippen molar-refractivity contribution in [1.82, 2.24) is 14.8 Å². The number of amides is 1. The Balaban J connectivity index is 1.69. The van der Waals surface area contributed by atoms with E-state index in [9.17, 15) is 18.0 Å². The molecule has 1 atom stereocenters. The SMILES string of the molecule is CCCNc1cc(-c2cnn3c2C(=O)N(c2ccc(C(F)(F)F)cc2)C[C@@H]3C)ccn1. The predicted molar refractivity (Wildman–Crippen MR) is 112 cm³/mol. The van der Waals surface area contributed by atoms with E-state index in [2.05, 4.69) is 22.3 Å². The Labute approximate surface area is 177 Å². The number of nitrogens with one attached hydrogen (secondary N) is 1. The van der Waals surface area contributed by atoms with Gasteiger partial charge in [-0.3, -0.25) is 9.48 Å². The number of rotatable bonds is 5. The topological polar surface area (TPSA) is 63.1 Å². The molecule has 0 unspecified atom stereocenters. The minimum Gasteiger partial charge on any atom is -0.370 e. The fourth-order valence-corrected chi connectivity index (χ4v) is 3.67. The molecule has 1 N–H and O–H groups in total. The number of hydrogen-bond donors (Lipinski definition) is 1. The molecule has 0 radical (unpaired) electrons. The van der Waals surface area contributed by atoms with Crippen LogP contribution in [-0.4, -0.2) is 33.8 Å². The molecule has 1 aliphatic heterocycles. The molecule has 31 heavy (non-hydrogen) atoms. The van der Waals surface area contributed by atoms with Crippen LogP contribution in [0.4, 0.5) is 24.7 Å². The molecular formula is C22H22F3N5O. The first kappa shape index (κ1) is 20.9. The van der Waals surface area contributed by atoms with Crippen LogP contribution < -0.4 is 10.2 Å². The summed E-state index contributed by atoms with van der Waals surface area (Å²) in [6.07, 6.45) is -0.151. The number of halogens is 3. The molecular weight excluding hydrogens is 407 g/mol. The van der Waals surface area contributed by atoms with Gasteiger partial charge < -0.3 is 10.2 Å². The molecule has 2 aromatic heterocycles. The molecule has 6 nitrogen and oxygen atoms in total. The summed E-state index contributed by atoms with van der Waals surface area (Å²) in [5.74, 6) is 0.403. The smallest absolute Gasteiger partial charge is 0.370 e. The van der Waals surface area contributed by atoms with Crippen molar-refractivity contribution in [2.75, 3.05) is 23.3 Å². The zero-order chi connectivity index (χ0) is 22.2. The Hall–Kier alpha value is -3.36. The van der Waals surface area contributed by atoms with Gasteiger partial charge in [0.1, 0.15) is 11.5 Å². The average molecular weight is 429 g/mol. The van der Waals surface area contributed by atoms with Crippen LogP contribution in [0.5, 0.6) is 0 Å². The summed E-state index contributed by atoms with van der Waals surface area (Å²) < 4.78 is 40.4. The first-order valence-corrected chi connectivity index (χ1v) is 10.1. The second-order valence-electron chi connectivity index (χ2n) is 7.52. The van der Waals surface area contributed by atoms with Crippen LogP contribution in [0.2, 0.25) is 0 Å². The van der Waals surface area contributed by atoms with Crippen LogP contribution >= 0.6 is 0 Å². The zero-order valence-electron chi connectivity index (χ0n) is 17.1. The molecule has 1 aliphatic rings. The Morgan fingerprint density at radius 3 is 2.61 bits per heavy atom. The van der Waals surface area contributed by atoms with Crippen molar-refractivity contribution in [1.29, 1.82) is 0 Å². The van der Waals surface area contributed by atoms with Gasteiger partial charge in [-0.05, 0) is 55.3 Å². The van der Waals surface area contributed by atoms with Crippen LogP contribution in [-0.2, 0) is 6.18 Å². The third-order valence-electron chi connectivity index (χ3n) is 5.24. The third-order valence-corrected chi connectivity index (χ3v) is 5.24. The molecule has 0 aliphatic carbocycles. The van der Waals surface area contributed by atoms with Crippen molar-refractivity contribution in [3.63, 3.8) is 0 Å². The molecule has 1 aromatic carbocycles. The fraction of sp³-hybridized carbons (Fsp3) is 0.318. The first-order valence-electron chi connectivity index (χ1n) is 10.1. The van der Waals surface area contributed by atoms with Crippen LogP contribution in [0.1, 0.15) is 42.4 Å². The minimum absolute atomic E-state index is 0.136. The summed E-state index contributed by atoms with van der Waals surface area (Å²) in [4.78, 5) is 19.2. The van der Waals surface area contributed by atoms with Crippen molar-refractivity contribution in [3.8, 4) is 11.1 Å². The number of pyridine rings is 1. The van der Waals surface area contributed by atoms with Gasteiger partial charge in [0.15, 0.2) is 0 Å². The van der Waals surface area contributed by atoms with E-state index in [0.717, 1.165) is 30.7 Å². The molecule has 1 amide bonds. The van der Waals surface area contributed by atoms with E-state index in [1.165, 1.54) is 17.0 Å². The lowest BCUT2D eigenvalue weighted by Crippen LogP contribution is -2.42. The van der Waals surface area contributed by atoms with E-state index >= 15 is 0 Å². The molecule has 4 rings (SSSR count). The number of alkyl halides is 3. The van der Waals surface area contributed by atoms with Crippen molar-refractivity contribution >= 4 is 17.4 Å². The Morgan fingerprint density at radius 1 is 1.19 bits per heavy atom. The van der Waals surface area contributed by atoms with Crippen LogP contribution in [0, 0.1) is 0 Å². The number of carbonyl (C=O) groups is 1. The lowest BCUT2D eigenvalue weighted by molar-refractivity contribution is -0.137. The van der Waals surface area contributed by atoms with E-state index in [-0.39, 0.29) is 11.9 Å². The first-order chi connectivity index (χ1) is 14.8. The molecule has 3 heterocycles. The Kier molecular flexibility index (Phi) is 5.43. The number of carbonyl (C=O) groups excluding carboxylic acids is 1. The maximum Gasteiger partial charge on any atom is 0.416 e. The van der Waals surface area contributed by atoms with Crippen LogP contribution in [0.15, 0.2) is 48.8 Å². The summed E-state index contributed by atoms with van der Waals surface area (Å²) in [5, 5.41) is 7.63. The van der Waals surface area contributed by atoms with Crippen LogP contribution in [0.3, 0.4) is 0 Å². The van der Waals surface area contributed by atoms with Gasteiger partial charge in [0, 0.05) is 30.5 Å². The number of fused-ring (bicyclic) bond motifs is 1. The highest BCUT2D eigenvalue weighted by Gasteiger charge is 2.35. The van der Waals surface area contributed by atoms with Gasteiger partial charge in [0.25, 0.3) is 5.91 Å². The standard InChI is InChI=1S/C22H22F3N5O/c1-3-9-26-19-11-15(8-10-27-19)18-12-28-30-14(2)13-29(21(31)20(18)30)17-6-4-16(5-7-17)22(23,24)25/h4-8,10-12,14H,3,9,13H2,1-2H3,(H,26,27)/t14-/m0/s1. The quantitative estimate of drug-likeness (QED) is 0.620. The molecule has 9 heteroatoms. The number of aromatic nitrogens is 3. The monoisotopic (exact) mass is 429 g/mol. The van der Waals surface area contributed by atoms with E-state index in [1.54, 1.807) is 17.1 Å². The van der Waals surface area contributed by atoms with Crippen molar-refractivity contribution in [3.05, 3.63) is 60.0 Å². The van der Waals surface area contributed by atoms with Crippen LogP contribution in [0.25, 0.3) is 11.1 Å². The highest BCUT2D eigenvalue weighted by Crippen LogP contribution is 2.35. The molecule has 3 aromatic rings. The van der Waals surface area contributed by atoms with Gasteiger partial charge in [-0.2, -0.15) is 18.3 Å². The molecule has 0 saturated carbocycles. The van der Waals surface area contributed by atoms with Gasteiger partial charge in [-0.25, -0.2) is 4.98 Å². The zero-order valence-corrected chi connectivity index (χ0v) is 17.1. The minimum atomic E-state index is -4.42. The number of anilines is 2. The molecule has 0 saturated heterocycles. The largest absolute Gasteiger partial charge is 0.416 e. The highest BCUT2D eigenvalue weighted by molar-refractivity contribution is 6.09. The molecule has 162 valence electrons. The number of nitrogens with zero attached hydrogens (tertiary/aromatic N) is 4. The second kappa shape index (κ2) is 8.05. The lowest BCUT2D eigenvalue weighted by atomic mass is 10.0. The summed E-state index contributed by atoms with van der Waals surface area (Å²) in [6.45, 7) is 5.07. The molecule has 0 fully saturated rings.